The normalized spacial score (nSPS) is 11.5. The second-order valence-electron chi connectivity index (χ2n) is 5.34. The lowest BCUT2D eigenvalue weighted by molar-refractivity contribution is 0.104. The van der Waals surface area contributed by atoms with Crippen molar-refractivity contribution in [3.8, 4) is 0 Å². The number of fused-ring (bicyclic) bond motifs is 1. The molecule has 0 spiro atoms. The molecule has 112 valence electrons. The summed E-state index contributed by atoms with van der Waals surface area (Å²) in [7, 11) is 3.76. The Bertz CT molecular complexity index is 701. The van der Waals surface area contributed by atoms with Crippen molar-refractivity contribution in [2.45, 2.75) is 26.8 Å². The number of carbonyl (C=O) groups excluding carboxylic acids is 1. The summed E-state index contributed by atoms with van der Waals surface area (Å²) in [6.07, 6.45) is 6.17. The van der Waals surface area contributed by atoms with Crippen LogP contribution in [0.4, 0.5) is 0 Å². The number of aromatic nitrogens is 2. The zero-order valence-corrected chi connectivity index (χ0v) is 13.6. The summed E-state index contributed by atoms with van der Waals surface area (Å²) in [6.45, 7) is 4.95. The van der Waals surface area contributed by atoms with Crippen LogP contribution in [0.15, 0.2) is 24.5 Å². The Balaban J connectivity index is 2.61. The fourth-order valence-electron chi connectivity index (χ4n) is 2.36. The van der Waals surface area contributed by atoms with Crippen molar-refractivity contribution >= 4 is 28.4 Å². The summed E-state index contributed by atoms with van der Waals surface area (Å²) in [4.78, 5) is 18.6. The van der Waals surface area contributed by atoms with E-state index in [4.69, 9.17) is 11.6 Å². The summed E-state index contributed by atoms with van der Waals surface area (Å²) in [5.74, 6) is -0.0577. The third-order valence-electron chi connectivity index (χ3n) is 3.23. The van der Waals surface area contributed by atoms with Crippen LogP contribution >= 0.6 is 11.6 Å². The Hall–Kier alpha value is -1.81. The first-order valence-electron chi connectivity index (χ1n) is 6.99. The second kappa shape index (κ2) is 6.31. The zero-order chi connectivity index (χ0) is 15.6. The minimum atomic E-state index is -0.0577. The van der Waals surface area contributed by atoms with Gasteiger partial charge in [-0.15, -0.1) is 0 Å². The molecule has 2 aromatic rings. The molecule has 0 amide bonds. The molecule has 2 rings (SSSR count). The molecule has 5 heteroatoms. The molecule has 21 heavy (non-hydrogen) atoms. The van der Waals surface area contributed by atoms with Gasteiger partial charge in [-0.05, 0) is 25.0 Å². The Morgan fingerprint density at radius 2 is 2.19 bits per heavy atom. The number of carbonyl (C=O) groups is 1. The molecule has 4 nitrogen and oxygen atoms in total. The van der Waals surface area contributed by atoms with Gasteiger partial charge in [-0.2, -0.15) is 0 Å². The maximum Gasteiger partial charge on any atom is 0.191 e. The smallest absolute Gasteiger partial charge is 0.191 e. The number of rotatable bonds is 5. The molecule has 2 heterocycles. The number of aryl methyl sites for hydroxylation is 2. The van der Waals surface area contributed by atoms with Gasteiger partial charge in [0, 0.05) is 39.1 Å². The number of ketones is 1. The van der Waals surface area contributed by atoms with E-state index in [9.17, 15) is 4.79 Å². The van der Waals surface area contributed by atoms with E-state index in [0.29, 0.717) is 16.2 Å². The summed E-state index contributed by atoms with van der Waals surface area (Å²) in [5.41, 5.74) is 3.31. The first-order valence-corrected chi connectivity index (χ1v) is 7.36. The fourth-order valence-corrected chi connectivity index (χ4v) is 2.61. The van der Waals surface area contributed by atoms with Gasteiger partial charge in [0.15, 0.2) is 5.78 Å². The van der Waals surface area contributed by atoms with Crippen molar-refractivity contribution in [1.82, 2.24) is 14.5 Å². The molecule has 0 N–H and O–H groups in total. The Morgan fingerprint density at radius 3 is 2.81 bits per heavy atom. The van der Waals surface area contributed by atoms with E-state index < -0.39 is 0 Å². The second-order valence-corrected chi connectivity index (χ2v) is 5.73. The van der Waals surface area contributed by atoms with Gasteiger partial charge in [0.1, 0.15) is 10.7 Å². The summed E-state index contributed by atoms with van der Waals surface area (Å²) in [5, 5.41) is 0.417. The minimum Gasteiger partial charge on any atom is -0.383 e. The molecular formula is C16H20ClN3O. The van der Waals surface area contributed by atoms with Gasteiger partial charge in [-0.3, -0.25) is 4.79 Å². The predicted molar refractivity (Wildman–Crippen MR) is 86.9 cm³/mol. The Morgan fingerprint density at radius 1 is 1.48 bits per heavy atom. The topological polar surface area (TPSA) is 38.1 Å². The maximum atomic E-state index is 12.4. The standard InChI is InChI=1S/C16H20ClN3O/c1-5-7-20-10-12(13(21)6-8-19(3)4)15-16(20)11(2)9-14(17)18-15/h6,8-10H,5,7H2,1-4H3/b8-6+. The quantitative estimate of drug-likeness (QED) is 0.480. The fraction of sp³-hybridized carbons (Fsp3) is 0.375. The maximum absolute atomic E-state index is 12.4. The van der Waals surface area contributed by atoms with Crippen LogP contribution in [0, 0.1) is 6.92 Å². The van der Waals surface area contributed by atoms with E-state index in [0.717, 1.165) is 24.0 Å². The summed E-state index contributed by atoms with van der Waals surface area (Å²) in [6, 6.07) is 1.83. The van der Waals surface area contributed by atoms with E-state index in [1.54, 1.807) is 12.3 Å². The van der Waals surface area contributed by atoms with Crippen LogP contribution in [0.1, 0.15) is 29.3 Å². The molecule has 0 radical (unpaired) electrons. The lowest BCUT2D eigenvalue weighted by atomic mass is 10.1. The van der Waals surface area contributed by atoms with Gasteiger partial charge in [0.25, 0.3) is 0 Å². The molecule has 0 aliphatic carbocycles. The zero-order valence-electron chi connectivity index (χ0n) is 12.9. The average molecular weight is 306 g/mol. The molecular weight excluding hydrogens is 286 g/mol. The third kappa shape index (κ3) is 3.27. The van der Waals surface area contributed by atoms with E-state index in [1.807, 2.05) is 38.2 Å². The van der Waals surface area contributed by atoms with Gasteiger partial charge < -0.3 is 9.47 Å². The van der Waals surface area contributed by atoms with Crippen LogP contribution in [-0.4, -0.2) is 34.3 Å². The molecule has 0 aliphatic rings. The van der Waals surface area contributed by atoms with E-state index in [-0.39, 0.29) is 5.78 Å². The van der Waals surface area contributed by atoms with Crippen LogP contribution in [0.2, 0.25) is 5.15 Å². The van der Waals surface area contributed by atoms with Crippen LogP contribution in [0.25, 0.3) is 11.0 Å². The molecule has 0 saturated heterocycles. The molecule has 0 bridgehead atoms. The van der Waals surface area contributed by atoms with Gasteiger partial charge in [-0.25, -0.2) is 4.98 Å². The predicted octanol–water partition coefficient (Wildman–Crippen LogP) is 3.67. The molecule has 0 fully saturated rings. The summed E-state index contributed by atoms with van der Waals surface area (Å²) < 4.78 is 2.09. The molecule has 0 aromatic carbocycles. The molecule has 0 saturated carbocycles. The van der Waals surface area contributed by atoms with Gasteiger partial charge in [0.2, 0.25) is 0 Å². The van der Waals surface area contributed by atoms with Crippen molar-refractivity contribution in [2.75, 3.05) is 14.1 Å². The third-order valence-corrected chi connectivity index (χ3v) is 3.43. The number of halogens is 1. The Kier molecular flexibility index (Phi) is 4.68. The van der Waals surface area contributed by atoms with Crippen molar-refractivity contribution in [2.24, 2.45) is 0 Å². The molecule has 0 atom stereocenters. The lowest BCUT2D eigenvalue weighted by Gasteiger charge is -2.05. The average Bonchev–Trinajstić information content (AvgIpc) is 2.75. The minimum absolute atomic E-state index is 0.0577. The van der Waals surface area contributed by atoms with E-state index in [2.05, 4.69) is 16.5 Å². The highest BCUT2D eigenvalue weighted by atomic mass is 35.5. The lowest BCUT2D eigenvalue weighted by Crippen LogP contribution is -2.03. The number of hydrogen-bond donors (Lipinski definition) is 0. The largest absolute Gasteiger partial charge is 0.383 e. The van der Waals surface area contributed by atoms with Crippen molar-refractivity contribution in [3.05, 3.63) is 40.8 Å². The van der Waals surface area contributed by atoms with Crippen LogP contribution in [0.3, 0.4) is 0 Å². The highest BCUT2D eigenvalue weighted by Crippen LogP contribution is 2.26. The van der Waals surface area contributed by atoms with Gasteiger partial charge >= 0.3 is 0 Å². The molecule has 2 aromatic heterocycles. The number of hydrogen-bond acceptors (Lipinski definition) is 3. The van der Waals surface area contributed by atoms with Gasteiger partial charge in [0.05, 0.1) is 11.1 Å². The SMILES string of the molecule is CCCn1cc(C(=O)/C=C/N(C)C)c2nc(Cl)cc(C)c21. The highest BCUT2D eigenvalue weighted by molar-refractivity contribution is 6.30. The van der Waals surface area contributed by atoms with Crippen molar-refractivity contribution < 1.29 is 4.79 Å². The Labute approximate surface area is 130 Å². The number of allylic oxidation sites excluding steroid dienone is 1. The van der Waals surface area contributed by atoms with E-state index >= 15 is 0 Å². The number of nitrogens with zero attached hydrogens (tertiary/aromatic N) is 3. The monoisotopic (exact) mass is 305 g/mol. The van der Waals surface area contributed by atoms with Crippen molar-refractivity contribution in [1.29, 1.82) is 0 Å². The molecule has 0 unspecified atom stereocenters. The number of pyridine rings is 1. The van der Waals surface area contributed by atoms with Crippen molar-refractivity contribution in [3.63, 3.8) is 0 Å². The van der Waals surface area contributed by atoms with Crippen LogP contribution in [0.5, 0.6) is 0 Å². The van der Waals surface area contributed by atoms with Crippen LogP contribution in [-0.2, 0) is 6.54 Å². The summed E-state index contributed by atoms with van der Waals surface area (Å²) >= 11 is 6.06. The van der Waals surface area contributed by atoms with Crippen LogP contribution < -0.4 is 0 Å². The first kappa shape index (κ1) is 15.6. The first-order chi connectivity index (χ1) is 9.93. The van der Waals surface area contributed by atoms with Gasteiger partial charge in [-0.1, -0.05) is 18.5 Å². The highest BCUT2D eigenvalue weighted by Gasteiger charge is 2.17. The molecule has 0 aliphatic heterocycles. The van der Waals surface area contributed by atoms with E-state index in [1.165, 1.54) is 0 Å².